The van der Waals surface area contributed by atoms with Crippen molar-refractivity contribution in [2.45, 2.75) is 26.2 Å². The smallest absolute Gasteiger partial charge is 0.231 e. The first kappa shape index (κ1) is 14.7. The normalized spacial score (nSPS) is 12.5. The van der Waals surface area contributed by atoms with Crippen LogP contribution in [0.2, 0.25) is 0 Å². The summed E-state index contributed by atoms with van der Waals surface area (Å²) < 4.78 is 0. The molecule has 1 atom stereocenters. The fourth-order valence-electron chi connectivity index (χ4n) is 1.89. The number of amides is 1. The fourth-order valence-corrected chi connectivity index (χ4v) is 1.89. The molecule has 0 aliphatic rings. The van der Waals surface area contributed by atoms with Crippen LogP contribution in [0.3, 0.4) is 0 Å². The number of nitrogens with zero attached hydrogens (tertiary/aromatic N) is 1. The Morgan fingerprint density at radius 2 is 1.89 bits per heavy atom. The second kappa shape index (κ2) is 7.17. The van der Waals surface area contributed by atoms with Crippen LogP contribution in [0, 0.1) is 5.92 Å². The summed E-state index contributed by atoms with van der Waals surface area (Å²) in [5.74, 6) is 0.501. The topological polar surface area (TPSA) is 46.3 Å². The third kappa shape index (κ3) is 4.15. The van der Waals surface area contributed by atoms with Crippen LogP contribution >= 0.6 is 0 Å². The Balaban J connectivity index is 2.68. The van der Waals surface area contributed by atoms with E-state index < -0.39 is 0 Å². The van der Waals surface area contributed by atoms with Gasteiger partial charge < -0.3 is 10.6 Å². The largest absolute Gasteiger partial charge is 0.345 e. The first-order chi connectivity index (χ1) is 8.56. The van der Waals surface area contributed by atoms with E-state index >= 15 is 0 Å². The first-order valence-electron chi connectivity index (χ1n) is 6.56. The predicted molar refractivity (Wildman–Crippen MR) is 75.3 cm³/mol. The first-order valence-corrected chi connectivity index (χ1v) is 6.56. The zero-order valence-corrected chi connectivity index (χ0v) is 11.6. The molecule has 0 saturated heterocycles. The molecule has 0 aliphatic carbocycles. The Labute approximate surface area is 110 Å². The van der Waals surface area contributed by atoms with Gasteiger partial charge in [0.15, 0.2) is 0 Å². The Morgan fingerprint density at radius 3 is 2.39 bits per heavy atom. The Kier molecular flexibility index (Phi) is 5.86. The van der Waals surface area contributed by atoms with Crippen molar-refractivity contribution in [2.24, 2.45) is 11.7 Å². The highest BCUT2D eigenvalue weighted by molar-refractivity contribution is 5.83. The number of benzene rings is 1. The van der Waals surface area contributed by atoms with Crippen molar-refractivity contribution in [3.05, 3.63) is 35.9 Å². The van der Waals surface area contributed by atoms with E-state index in [9.17, 15) is 4.79 Å². The maximum atomic E-state index is 12.3. The standard InChI is InChI=1S/C15H24N2O/c1-12(2)9-10-17(3)15(18)14(11-16)13-7-5-4-6-8-13/h4-8,12,14H,9-11,16H2,1-3H3. The molecular weight excluding hydrogens is 224 g/mol. The maximum absolute atomic E-state index is 12.3. The average Bonchev–Trinajstić information content (AvgIpc) is 2.38. The quantitative estimate of drug-likeness (QED) is 0.839. The van der Waals surface area contributed by atoms with Crippen molar-refractivity contribution in [2.75, 3.05) is 20.1 Å². The van der Waals surface area contributed by atoms with Crippen LogP contribution in [0.15, 0.2) is 30.3 Å². The molecule has 0 radical (unpaired) electrons. The highest BCUT2D eigenvalue weighted by Gasteiger charge is 2.22. The van der Waals surface area contributed by atoms with Gasteiger partial charge >= 0.3 is 0 Å². The predicted octanol–water partition coefficient (Wildman–Crippen LogP) is 2.23. The van der Waals surface area contributed by atoms with Gasteiger partial charge in [-0.15, -0.1) is 0 Å². The number of hydrogen-bond donors (Lipinski definition) is 1. The minimum atomic E-state index is -0.219. The van der Waals surface area contributed by atoms with Gasteiger partial charge in [-0.25, -0.2) is 0 Å². The van der Waals surface area contributed by atoms with Gasteiger partial charge in [-0.1, -0.05) is 44.2 Å². The van der Waals surface area contributed by atoms with Gasteiger partial charge in [0.25, 0.3) is 0 Å². The van der Waals surface area contributed by atoms with Gasteiger partial charge in [-0.2, -0.15) is 0 Å². The van der Waals surface area contributed by atoms with E-state index in [1.165, 1.54) is 0 Å². The van der Waals surface area contributed by atoms with E-state index in [1.54, 1.807) is 4.90 Å². The molecule has 18 heavy (non-hydrogen) atoms. The van der Waals surface area contributed by atoms with Gasteiger partial charge in [0, 0.05) is 20.1 Å². The van der Waals surface area contributed by atoms with E-state index in [-0.39, 0.29) is 11.8 Å². The summed E-state index contributed by atoms with van der Waals surface area (Å²) >= 11 is 0. The lowest BCUT2D eigenvalue weighted by Crippen LogP contribution is -2.36. The molecule has 1 aromatic rings. The number of carbonyl (C=O) groups excluding carboxylic acids is 1. The minimum absolute atomic E-state index is 0.115. The molecule has 1 amide bonds. The highest BCUT2D eigenvalue weighted by atomic mass is 16.2. The molecule has 0 heterocycles. The lowest BCUT2D eigenvalue weighted by atomic mass is 9.97. The van der Waals surface area contributed by atoms with Crippen molar-refractivity contribution in [3.8, 4) is 0 Å². The Bertz CT molecular complexity index is 362. The third-order valence-corrected chi connectivity index (χ3v) is 3.15. The lowest BCUT2D eigenvalue weighted by Gasteiger charge is -2.24. The van der Waals surface area contributed by atoms with Gasteiger partial charge in [0.1, 0.15) is 0 Å². The van der Waals surface area contributed by atoms with E-state index in [0.29, 0.717) is 12.5 Å². The minimum Gasteiger partial charge on any atom is -0.345 e. The van der Waals surface area contributed by atoms with Crippen LogP contribution in [0.5, 0.6) is 0 Å². The summed E-state index contributed by atoms with van der Waals surface area (Å²) in [7, 11) is 1.86. The van der Waals surface area contributed by atoms with Gasteiger partial charge in [0.2, 0.25) is 5.91 Å². The van der Waals surface area contributed by atoms with Gasteiger partial charge in [0.05, 0.1) is 5.92 Å². The molecule has 0 aliphatic heterocycles. The fraction of sp³-hybridized carbons (Fsp3) is 0.533. The monoisotopic (exact) mass is 248 g/mol. The number of rotatable bonds is 6. The van der Waals surface area contributed by atoms with Crippen molar-refractivity contribution in [3.63, 3.8) is 0 Å². The molecule has 1 aromatic carbocycles. The molecule has 2 N–H and O–H groups in total. The van der Waals surface area contributed by atoms with Crippen LogP contribution in [0.25, 0.3) is 0 Å². The van der Waals surface area contributed by atoms with Crippen LogP contribution in [0.4, 0.5) is 0 Å². The summed E-state index contributed by atoms with van der Waals surface area (Å²) in [6, 6.07) is 9.76. The van der Waals surface area contributed by atoms with Crippen LogP contribution in [-0.2, 0) is 4.79 Å². The molecule has 0 aromatic heterocycles. The molecule has 1 rings (SSSR count). The number of nitrogens with two attached hydrogens (primary N) is 1. The molecular formula is C15H24N2O. The summed E-state index contributed by atoms with van der Waals surface area (Å²) in [5.41, 5.74) is 6.75. The molecule has 0 bridgehead atoms. The van der Waals surface area contributed by atoms with Crippen molar-refractivity contribution in [1.29, 1.82) is 0 Å². The third-order valence-electron chi connectivity index (χ3n) is 3.15. The van der Waals surface area contributed by atoms with E-state index in [1.807, 2.05) is 37.4 Å². The van der Waals surface area contributed by atoms with E-state index in [2.05, 4.69) is 13.8 Å². The van der Waals surface area contributed by atoms with Gasteiger partial charge in [-0.3, -0.25) is 4.79 Å². The van der Waals surface area contributed by atoms with Crippen molar-refractivity contribution < 1.29 is 4.79 Å². The summed E-state index contributed by atoms with van der Waals surface area (Å²) in [6.45, 7) is 5.47. The van der Waals surface area contributed by atoms with Gasteiger partial charge in [-0.05, 0) is 17.9 Å². The lowest BCUT2D eigenvalue weighted by molar-refractivity contribution is -0.131. The molecule has 3 heteroatoms. The van der Waals surface area contributed by atoms with Crippen LogP contribution < -0.4 is 5.73 Å². The SMILES string of the molecule is CC(C)CCN(C)C(=O)C(CN)c1ccccc1. The van der Waals surface area contributed by atoms with Crippen molar-refractivity contribution >= 4 is 5.91 Å². The summed E-state index contributed by atoms with van der Waals surface area (Å²) in [5, 5.41) is 0. The number of hydrogen-bond acceptors (Lipinski definition) is 2. The molecule has 3 nitrogen and oxygen atoms in total. The number of likely N-dealkylation sites (N-methyl/N-ethyl adjacent to an activating group) is 1. The summed E-state index contributed by atoms with van der Waals surface area (Å²) in [6.07, 6.45) is 1.02. The molecule has 0 saturated carbocycles. The molecule has 1 unspecified atom stereocenters. The van der Waals surface area contributed by atoms with Crippen molar-refractivity contribution in [1.82, 2.24) is 4.90 Å². The van der Waals surface area contributed by atoms with Crippen LogP contribution in [-0.4, -0.2) is 30.9 Å². The Hall–Kier alpha value is -1.35. The highest BCUT2D eigenvalue weighted by Crippen LogP contribution is 2.17. The second-order valence-electron chi connectivity index (χ2n) is 5.14. The van der Waals surface area contributed by atoms with Crippen LogP contribution in [0.1, 0.15) is 31.7 Å². The zero-order chi connectivity index (χ0) is 13.5. The summed E-state index contributed by atoms with van der Waals surface area (Å²) in [4.78, 5) is 14.1. The maximum Gasteiger partial charge on any atom is 0.231 e. The molecule has 0 fully saturated rings. The number of carbonyl (C=O) groups is 1. The average molecular weight is 248 g/mol. The molecule has 0 spiro atoms. The Morgan fingerprint density at radius 1 is 1.28 bits per heavy atom. The van der Waals surface area contributed by atoms with E-state index in [4.69, 9.17) is 5.73 Å². The van der Waals surface area contributed by atoms with E-state index in [0.717, 1.165) is 18.5 Å². The second-order valence-corrected chi connectivity index (χ2v) is 5.14. The molecule has 100 valence electrons. The zero-order valence-electron chi connectivity index (χ0n) is 11.6.